The van der Waals surface area contributed by atoms with Gasteiger partial charge in [-0.15, -0.1) is 11.3 Å². The number of fused-ring (bicyclic) bond motifs is 1. The number of carbonyl (C=O) groups excluding carboxylic acids is 1. The highest BCUT2D eigenvalue weighted by atomic mass is 32.1. The number of alkyl halides is 3. The molecule has 5 nitrogen and oxygen atoms in total. The second-order valence-corrected chi connectivity index (χ2v) is 9.54. The zero-order valence-electron chi connectivity index (χ0n) is 17.8. The summed E-state index contributed by atoms with van der Waals surface area (Å²) in [6.45, 7) is 7.32. The van der Waals surface area contributed by atoms with Gasteiger partial charge in [-0.2, -0.15) is 13.2 Å². The molecule has 0 aliphatic heterocycles. The van der Waals surface area contributed by atoms with E-state index in [1.54, 1.807) is 19.1 Å². The average Bonchev–Trinajstić information content (AvgIpc) is 3.31. The number of nitrogens with zero attached hydrogens (tertiary/aromatic N) is 2. The minimum atomic E-state index is -4.40. The number of benzene rings is 2. The van der Waals surface area contributed by atoms with Crippen LogP contribution in [0.5, 0.6) is 0 Å². The van der Waals surface area contributed by atoms with Crippen molar-refractivity contribution in [3.8, 4) is 10.6 Å². The number of hydrogen-bond donors (Lipinski definition) is 1. The first kappa shape index (κ1) is 22.0. The predicted octanol–water partition coefficient (Wildman–Crippen LogP) is 5.77. The van der Waals surface area contributed by atoms with Crippen LogP contribution < -0.4 is 5.56 Å². The van der Waals surface area contributed by atoms with Crippen molar-refractivity contribution >= 4 is 27.3 Å². The van der Waals surface area contributed by atoms with Crippen LogP contribution in [0.3, 0.4) is 0 Å². The number of halogens is 3. The zero-order valence-corrected chi connectivity index (χ0v) is 18.6. The molecule has 0 aliphatic carbocycles. The van der Waals surface area contributed by atoms with E-state index in [-0.39, 0.29) is 5.56 Å². The van der Waals surface area contributed by atoms with Crippen LogP contribution in [-0.4, -0.2) is 20.5 Å². The second-order valence-electron chi connectivity index (χ2n) is 8.51. The van der Waals surface area contributed by atoms with Gasteiger partial charge in [0.2, 0.25) is 5.78 Å². The molecule has 0 bridgehead atoms. The van der Waals surface area contributed by atoms with E-state index in [9.17, 15) is 22.8 Å². The highest BCUT2D eigenvalue weighted by Crippen LogP contribution is 2.35. The number of rotatable bonds is 3. The third kappa shape index (κ3) is 3.77. The summed E-state index contributed by atoms with van der Waals surface area (Å²) in [4.78, 5) is 30.4. The summed E-state index contributed by atoms with van der Waals surface area (Å²) in [6.07, 6.45) is -2.99. The van der Waals surface area contributed by atoms with Gasteiger partial charge in [0.1, 0.15) is 10.6 Å². The average molecular weight is 459 g/mol. The molecule has 0 atom stereocenters. The van der Waals surface area contributed by atoms with E-state index in [4.69, 9.17) is 0 Å². The molecule has 1 N–H and O–H groups in total. The fourth-order valence-electron chi connectivity index (χ4n) is 3.47. The topological polar surface area (TPSA) is 67.8 Å². The Morgan fingerprint density at radius 1 is 1.03 bits per heavy atom. The number of carbonyl (C=O) groups is 1. The number of aromatic nitrogens is 3. The minimum absolute atomic E-state index is 0.0422. The largest absolute Gasteiger partial charge is 0.416 e. The summed E-state index contributed by atoms with van der Waals surface area (Å²) in [5.41, 5.74) is 0.543. The molecule has 0 unspecified atom stereocenters. The summed E-state index contributed by atoms with van der Waals surface area (Å²) in [5.74, 6) is -0.405. The van der Waals surface area contributed by atoms with Gasteiger partial charge in [-0.05, 0) is 57.5 Å². The van der Waals surface area contributed by atoms with Crippen molar-refractivity contribution in [2.75, 3.05) is 0 Å². The van der Waals surface area contributed by atoms with Crippen LogP contribution in [0.4, 0.5) is 13.2 Å². The third-order valence-electron chi connectivity index (χ3n) is 5.20. The lowest BCUT2D eigenvalue weighted by Crippen LogP contribution is -2.34. The second kappa shape index (κ2) is 7.44. The molecule has 2 aromatic carbocycles. The van der Waals surface area contributed by atoms with Crippen LogP contribution in [0.15, 0.2) is 47.4 Å². The maximum atomic E-state index is 13.1. The molecule has 0 aliphatic rings. The molecule has 0 fully saturated rings. The van der Waals surface area contributed by atoms with Gasteiger partial charge in [-0.3, -0.25) is 9.59 Å². The Labute approximate surface area is 185 Å². The summed E-state index contributed by atoms with van der Waals surface area (Å²) in [7, 11) is 0. The van der Waals surface area contributed by atoms with E-state index >= 15 is 0 Å². The number of ketones is 1. The van der Waals surface area contributed by atoms with Crippen LogP contribution in [0.2, 0.25) is 0 Å². The third-order valence-corrected chi connectivity index (χ3v) is 6.27. The normalized spacial score (nSPS) is 12.5. The van der Waals surface area contributed by atoms with Gasteiger partial charge >= 0.3 is 6.18 Å². The number of aromatic amines is 1. The SMILES string of the molecule is Cc1c(C(=O)c2c[nH]n(C(C)(C)C)c2=O)ccc2sc(-c3ccc(C(F)(F)F)cc3)nc12. The van der Waals surface area contributed by atoms with Crippen molar-refractivity contribution < 1.29 is 18.0 Å². The highest BCUT2D eigenvalue weighted by molar-refractivity contribution is 7.21. The number of H-pyrrole nitrogens is 1. The number of nitrogens with one attached hydrogen (secondary N) is 1. The van der Waals surface area contributed by atoms with E-state index < -0.39 is 28.6 Å². The van der Waals surface area contributed by atoms with Crippen LogP contribution >= 0.6 is 11.3 Å². The number of hydrogen-bond acceptors (Lipinski definition) is 4. The summed E-state index contributed by atoms with van der Waals surface area (Å²) < 4.78 is 40.7. The Balaban J connectivity index is 1.74. The van der Waals surface area contributed by atoms with Crippen LogP contribution in [0.1, 0.15) is 47.8 Å². The molecule has 9 heteroatoms. The maximum Gasteiger partial charge on any atom is 0.416 e. The molecular weight excluding hydrogens is 439 g/mol. The Kier molecular flexibility index (Phi) is 5.12. The van der Waals surface area contributed by atoms with Crippen LogP contribution in [0, 0.1) is 6.92 Å². The quantitative estimate of drug-likeness (QED) is 0.396. The maximum absolute atomic E-state index is 13.1. The molecule has 2 aromatic heterocycles. The van der Waals surface area contributed by atoms with E-state index in [1.165, 1.54) is 34.3 Å². The van der Waals surface area contributed by atoms with Crippen molar-refractivity contribution in [2.45, 2.75) is 39.4 Å². The highest BCUT2D eigenvalue weighted by Gasteiger charge is 2.30. The van der Waals surface area contributed by atoms with Crippen molar-refractivity contribution in [3.63, 3.8) is 0 Å². The smallest absolute Gasteiger partial charge is 0.302 e. The van der Waals surface area contributed by atoms with Crippen molar-refractivity contribution in [2.24, 2.45) is 0 Å². The summed E-state index contributed by atoms with van der Waals surface area (Å²) >= 11 is 1.33. The first-order chi connectivity index (χ1) is 14.9. The molecule has 2 heterocycles. The first-order valence-electron chi connectivity index (χ1n) is 9.81. The number of thiazole rings is 1. The van der Waals surface area contributed by atoms with Crippen molar-refractivity contribution in [1.29, 1.82) is 0 Å². The lowest BCUT2D eigenvalue weighted by molar-refractivity contribution is -0.137. The Morgan fingerprint density at radius 2 is 1.69 bits per heavy atom. The first-order valence-corrected chi connectivity index (χ1v) is 10.6. The zero-order chi connectivity index (χ0) is 23.4. The van der Waals surface area contributed by atoms with E-state index in [0.717, 1.165) is 16.8 Å². The molecule has 4 rings (SSSR count). The minimum Gasteiger partial charge on any atom is -0.302 e. The predicted molar refractivity (Wildman–Crippen MR) is 118 cm³/mol. The van der Waals surface area contributed by atoms with Crippen LogP contribution in [-0.2, 0) is 11.7 Å². The van der Waals surface area contributed by atoms with Gasteiger partial charge in [0.25, 0.3) is 5.56 Å². The molecule has 0 radical (unpaired) electrons. The van der Waals surface area contributed by atoms with Crippen molar-refractivity contribution in [3.05, 3.63) is 75.2 Å². The Hall–Kier alpha value is -3.20. The van der Waals surface area contributed by atoms with Crippen molar-refractivity contribution in [1.82, 2.24) is 14.8 Å². The molecule has 0 saturated carbocycles. The lowest BCUT2D eigenvalue weighted by atomic mass is 10.00. The van der Waals surface area contributed by atoms with Gasteiger partial charge in [0, 0.05) is 17.3 Å². The monoisotopic (exact) mass is 459 g/mol. The lowest BCUT2D eigenvalue weighted by Gasteiger charge is -2.18. The van der Waals surface area contributed by atoms with E-state index in [0.29, 0.717) is 27.2 Å². The molecule has 0 amide bonds. The van der Waals surface area contributed by atoms with Gasteiger partial charge in [-0.25, -0.2) is 9.67 Å². The van der Waals surface area contributed by atoms with E-state index in [1.807, 2.05) is 20.8 Å². The molecule has 0 spiro atoms. The summed E-state index contributed by atoms with van der Waals surface area (Å²) in [5, 5.41) is 3.41. The molecule has 32 heavy (non-hydrogen) atoms. The molecular formula is C23H20F3N3O2S. The fourth-order valence-corrected chi connectivity index (χ4v) is 4.50. The van der Waals surface area contributed by atoms with Crippen LogP contribution in [0.25, 0.3) is 20.8 Å². The summed E-state index contributed by atoms with van der Waals surface area (Å²) in [6, 6.07) is 8.22. The van der Waals surface area contributed by atoms with Gasteiger partial charge < -0.3 is 5.10 Å². The Bertz CT molecular complexity index is 1390. The van der Waals surface area contributed by atoms with E-state index in [2.05, 4.69) is 10.1 Å². The standard InChI is InChI=1S/C23H20F3N3O2S/c1-12-15(19(30)16-11-27-29(21(16)31)22(2,3)4)9-10-17-18(12)28-20(32-17)13-5-7-14(8-6-13)23(24,25)26/h5-11,27H,1-4H3. The Morgan fingerprint density at radius 3 is 2.25 bits per heavy atom. The van der Waals surface area contributed by atoms with Gasteiger partial charge in [-0.1, -0.05) is 12.1 Å². The van der Waals surface area contributed by atoms with Gasteiger partial charge in [0.05, 0.1) is 21.3 Å². The number of aryl methyl sites for hydroxylation is 1. The molecule has 4 aromatic rings. The fraction of sp³-hybridized carbons (Fsp3) is 0.261. The van der Waals surface area contributed by atoms with Gasteiger partial charge in [0.15, 0.2) is 0 Å². The molecule has 0 saturated heterocycles. The molecule has 166 valence electrons.